The number of nitrogens with zero attached hydrogens (tertiary/aromatic N) is 4. The molecule has 13 rings (SSSR count). The second-order valence-corrected chi connectivity index (χ2v) is 35.7. The molecule has 2 aromatic heterocycles. The summed E-state index contributed by atoms with van der Waals surface area (Å²) in [6.07, 6.45) is -2.93. The van der Waals surface area contributed by atoms with Crippen LogP contribution in [0.3, 0.4) is 0 Å². The van der Waals surface area contributed by atoms with E-state index >= 15 is 4.39 Å². The van der Waals surface area contributed by atoms with Crippen molar-refractivity contribution < 1.29 is 149 Å². The minimum absolute atomic E-state index is 0.00254. The molecule has 41 heteroatoms. The first-order chi connectivity index (χ1) is 68.3. The number of esters is 1. The highest BCUT2D eigenvalue weighted by atomic mass is 19.1. The number of carbonyl (C=O) groups excluding carboxylic acids is 8. The summed E-state index contributed by atoms with van der Waals surface area (Å²) < 4.78 is 105. The number of pyridine rings is 2. The lowest BCUT2D eigenvalue weighted by Crippen LogP contribution is -2.61. The predicted octanol–water partition coefficient (Wildman–Crippen LogP) is 4.56. The number of benzene rings is 4. The van der Waals surface area contributed by atoms with Gasteiger partial charge in [-0.25, -0.2) is 23.8 Å². The molecule has 8 atom stereocenters. The van der Waals surface area contributed by atoms with Crippen LogP contribution in [0.4, 0.5) is 14.9 Å². The number of amides is 7. The summed E-state index contributed by atoms with van der Waals surface area (Å²) in [4.78, 5) is 145. The van der Waals surface area contributed by atoms with Gasteiger partial charge in [-0.05, 0) is 134 Å². The minimum Gasteiger partial charge on any atom is -0.479 e. The summed E-state index contributed by atoms with van der Waals surface area (Å²) in [5, 5.41) is 67.9. The highest BCUT2D eigenvalue weighted by Gasteiger charge is 2.51. The number of aliphatic hydroxyl groups excluding tert-OH is 3. The number of para-hydroxylation sites is 1. The summed E-state index contributed by atoms with van der Waals surface area (Å²) in [7, 11) is 1.63. The van der Waals surface area contributed by atoms with Crippen molar-refractivity contribution in [3.8, 4) is 17.1 Å². The molecule has 3 fully saturated rings. The van der Waals surface area contributed by atoms with Crippen molar-refractivity contribution in [2.75, 3.05) is 190 Å². The van der Waals surface area contributed by atoms with Gasteiger partial charge >= 0.3 is 18.0 Å². The van der Waals surface area contributed by atoms with E-state index in [9.17, 15) is 73.5 Å². The van der Waals surface area contributed by atoms with Crippen molar-refractivity contribution >= 4 is 82.2 Å². The van der Waals surface area contributed by atoms with Gasteiger partial charge in [-0.2, -0.15) is 0 Å². The third-order valence-corrected chi connectivity index (χ3v) is 26.0. The van der Waals surface area contributed by atoms with E-state index in [2.05, 4.69) is 32.7 Å². The first-order valence-corrected chi connectivity index (χ1v) is 48.1. The molecule has 0 radical (unpaired) electrons. The summed E-state index contributed by atoms with van der Waals surface area (Å²) in [6.45, 7) is 11.3. The number of aliphatic carboxylic acids is 1. The monoisotopic (exact) mass is 1970 g/mol. The number of aryl methyl sites for hydroxylation is 1. The molecule has 7 aliphatic rings. The minimum atomic E-state index is -2.17. The third-order valence-electron chi connectivity index (χ3n) is 26.0. The number of carboxylic acid groups (broad SMARTS) is 1. The van der Waals surface area contributed by atoms with E-state index in [1.165, 1.54) is 41.8 Å². The summed E-state index contributed by atoms with van der Waals surface area (Å²) in [5.74, 6) is -6.13. The second-order valence-electron chi connectivity index (χ2n) is 35.7. The number of aliphatic hydroxyl groups is 4. The van der Waals surface area contributed by atoms with Crippen molar-refractivity contribution in [1.29, 1.82) is 0 Å². The average molecular weight is 1970 g/mol. The molecule has 1 saturated carbocycles. The number of carboxylic acids is 1. The molecule has 768 valence electrons. The van der Waals surface area contributed by atoms with Gasteiger partial charge in [0.15, 0.2) is 11.7 Å². The lowest BCUT2D eigenvalue weighted by atomic mass is 9.57. The Bertz CT molecular complexity index is 5350. The largest absolute Gasteiger partial charge is 0.479 e. The van der Waals surface area contributed by atoms with Crippen LogP contribution in [0.1, 0.15) is 145 Å². The average Bonchev–Trinajstić information content (AvgIpc) is 1.56. The Morgan fingerprint density at radius 2 is 1.20 bits per heavy atom. The van der Waals surface area contributed by atoms with Gasteiger partial charge in [0.2, 0.25) is 41.7 Å². The summed E-state index contributed by atoms with van der Waals surface area (Å²) in [5.41, 5.74) is 4.33. The lowest BCUT2D eigenvalue weighted by molar-refractivity contribution is -0.271. The number of methoxy groups -OCH3 is 1. The molecule has 1 spiro atoms. The van der Waals surface area contributed by atoms with Gasteiger partial charge in [-0.3, -0.25) is 33.6 Å². The number of carbonyl (C=O) groups is 9. The Morgan fingerprint density at radius 1 is 0.624 bits per heavy atom. The summed E-state index contributed by atoms with van der Waals surface area (Å²) in [6, 6.07) is 20.7. The van der Waals surface area contributed by atoms with E-state index < -0.39 is 114 Å². The van der Waals surface area contributed by atoms with Crippen LogP contribution in [0.15, 0.2) is 83.7 Å². The molecule has 2 saturated heterocycles. The van der Waals surface area contributed by atoms with Crippen LogP contribution < -0.4 is 41.8 Å². The highest BCUT2D eigenvalue weighted by molar-refractivity contribution is 5.98. The Kier molecular flexibility index (Phi) is 40.7. The predicted molar refractivity (Wildman–Crippen MR) is 503 cm³/mol. The molecule has 2 aliphatic carbocycles. The topological polar surface area (TPSA) is 504 Å². The second kappa shape index (κ2) is 53.4. The van der Waals surface area contributed by atoms with Gasteiger partial charge < -0.3 is 142 Å². The molecule has 6 aromatic rings. The molecule has 4 aromatic carbocycles. The fourth-order valence-electron chi connectivity index (χ4n) is 18.2. The lowest BCUT2D eigenvalue weighted by Gasteiger charge is -2.51. The van der Waals surface area contributed by atoms with Gasteiger partial charge in [-0.1, -0.05) is 60.7 Å². The zero-order valence-electron chi connectivity index (χ0n) is 79.9. The number of unbranched alkanes of at least 4 members (excludes halogenated alkanes) is 1. The van der Waals surface area contributed by atoms with Crippen molar-refractivity contribution in [2.45, 2.75) is 172 Å². The van der Waals surface area contributed by atoms with Crippen molar-refractivity contribution in [3.63, 3.8) is 0 Å². The Labute approximate surface area is 815 Å². The standard InChI is InChI=1S/C100H130FN9O31/c1-63-70-19-20-75(86-71-60-110-79(87(71)105-76(85(70)86)54-74(63)101)53-73-72(94(110)120)62-138-97(123)99(73,2)125)107-98(124)139-61-64-16-21-80(140-96-90(117)88(115)89(116)91(141-96)95(121)122)68(52-64)57-103-81(111)22-26-102-93(119)77(58-104-82(112)23-29-127-32-33-129-36-37-131-40-41-133-44-45-135-48-49-137-51-50-136-47-46-134-43-42-132-39-38-130-35-34-128-31-30-126-3)106-92(118)69-55-100(56-69)24-27-108(28-25-100)83(113)14-8-9-15-84(114)109-59-67-12-5-4-10-65(67)17-18-66-11-6-7-13-78(66)109/h4-7,10-13,16-18,21,52-54,69,75,77,88-91,96,115-117,125H,8-9,14-15,19-20,22-51,55-62H2,1-3H3,(H,102,119)(H,103,111)(H,104,112)(H,106,118)(H,107,124)(H,121,122)/b18-17-/t75-,77-,88-,89-,90+,91-,96+,99-/m0/s1. The van der Waals surface area contributed by atoms with E-state index in [4.69, 9.17) is 80.8 Å². The molecule has 0 unspecified atom stereocenters. The molecular weight excluding hydrogens is 1840 g/mol. The number of alkyl carbamates (subject to hydrolysis) is 1. The fraction of sp³-hybridized carbons (Fsp3) is 0.570. The number of hydrogen-bond donors (Lipinski definition) is 10. The quantitative estimate of drug-likeness (QED) is 0.0184. The normalized spacial score (nSPS) is 19.7. The number of cyclic esters (lactones) is 1. The Hall–Kier alpha value is -10.9. The molecule has 7 amide bonds. The molecule has 40 nitrogen and oxygen atoms in total. The zero-order chi connectivity index (χ0) is 99.8. The van der Waals surface area contributed by atoms with Gasteiger partial charge in [0.05, 0.1) is 199 Å². The highest BCUT2D eigenvalue weighted by Crippen LogP contribution is 2.53. The number of hydrogen-bond acceptors (Lipinski definition) is 31. The van der Waals surface area contributed by atoms with Crippen LogP contribution in [-0.4, -0.2) is 315 Å². The van der Waals surface area contributed by atoms with Gasteiger partial charge in [0, 0.05) is 99.6 Å². The number of fused-ring (bicyclic) bond motifs is 7. The van der Waals surface area contributed by atoms with Crippen LogP contribution in [-0.2, 0) is 154 Å². The van der Waals surface area contributed by atoms with E-state index in [1.807, 2.05) is 64.4 Å². The van der Waals surface area contributed by atoms with Crippen molar-refractivity contribution in [3.05, 3.63) is 156 Å². The fourth-order valence-corrected chi connectivity index (χ4v) is 18.2. The molecule has 10 N–H and O–H groups in total. The zero-order valence-corrected chi connectivity index (χ0v) is 79.9. The Morgan fingerprint density at radius 3 is 1.82 bits per heavy atom. The van der Waals surface area contributed by atoms with Crippen LogP contribution in [0.2, 0.25) is 0 Å². The van der Waals surface area contributed by atoms with Gasteiger partial charge in [0.25, 0.3) is 5.56 Å². The van der Waals surface area contributed by atoms with E-state index in [0.717, 1.165) is 22.4 Å². The maximum atomic E-state index is 15.7. The van der Waals surface area contributed by atoms with Crippen molar-refractivity contribution in [2.24, 2.45) is 11.3 Å². The third kappa shape index (κ3) is 29.4. The van der Waals surface area contributed by atoms with E-state index in [1.54, 1.807) is 14.0 Å². The van der Waals surface area contributed by atoms with Crippen molar-refractivity contribution in [1.82, 2.24) is 41.0 Å². The molecule has 5 aliphatic heterocycles. The van der Waals surface area contributed by atoms with Crippen LogP contribution in [0.25, 0.3) is 34.4 Å². The number of piperidine rings is 1. The number of anilines is 1. The molecule has 7 heterocycles. The maximum absolute atomic E-state index is 15.7. The van der Waals surface area contributed by atoms with E-state index in [0.29, 0.717) is 223 Å². The van der Waals surface area contributed by atoms with E-state index in [-0.39, 0.29) is 148 Å². The molecule has 0 bridgehead atoms. The SMILES string of the molecule is COCCOCCOCCOCCOCCOCCOCCOCCOCCOCCOCCOCCC(=O)NC[C@H](NC(=O)C1CC2(CCN(C(=O)CCCCC(=O)N3Cc4ccccc4/C=C\c4ccccc43)CC2)C1)C(=O)NCCC(=O)NCc1cc(COC(=O)N[C@H]2CCc3c(C)c(F)cc4nc5c(c2c34)Cn2c-5cc3c(c2=O)COC(=O)[C@@]3(C)O)ccc1O[C@@H]1O[C@H](C(=O)O)[C@@H](O)[C@H](O)[C@H]1O. The number of rotatable bonds is 57. The first-order valence-electron chi connectivity index (χ1n) is 48.1. The van der Waals surface area contributed by atoms with Gasteiger partial charge in [-0.15, -0.1) is 0 Å². The van der Waals surface area contributed by atoms with Crippen LogP contribution >= 0.6 is 0 Å². The number of ether oxygens (including phenoxy) is 16. The Balaban J connectivity index is 0.556. The number of aromatic nitrogens is 2. The summed E-state index contributed by atoms with van der Waals surface area (Å²) >= 11 is 0. The maximum Gasteiger partial charge on any atom is 0.407 e. The number of likely N-dealkylation sites (tertiary alicyclic amines) is 1. The molecular formula is C100H130FN9O31. The van der Waals surface area contributed by atoms with Crippen LogP contribution in [0.5, 0.6) is 5.75 Å². The van der Waals surface area contributed by atoms with Gasteiger partial charge in [0.1, 0.15) is 49.1 Å². The smallest absolute Gasteiger partial charge is 0.407 e. The first kappa shape index (κ1) is 107. The molecule has 141 heavy (non-hydrogen) atoms. The number of nitrogens with one attached hydrogen (secondary N) is 5. The van der Waals surface area contributed by atoms with Crippen LogP contribution in [0, 0.1) is 24.1 Å². The number of halogens is 1.